The molecule has 30 heavy (non-hydrogen) atoms. The molecule has 1 heterocycles. The van der Waals surface area contributed by atoms with E-state index in [9.17, 15) is 26.4 Å². The molecule has 1 amide bonds. The molecule has 0 bridgehead atoms. The van der Waals surface area contributed by atoms with Crippen LogP contribution in [0.15, 0.2) is 46.2 Å². The van der Waals surface area contributed by atoms with Crippen LogP contribution in [-0.4, -0.2) is 38.6 Å². The number of hydrogen-bond acceptors (Lipinski definition) is 4. The van der Waals surface area contributed by atoms with Gasteiger partial charge in [0.2, 0.25) is 0 Å². The van der Waals surface area contributed by atoms with Crippen LogP contribution >= 0.6 is 23.4 Å². The van der Waals surface area contributed by atoms with E-state index < -0.39 is 26.8 Å². The van der Waals surface area contributed by atoms with Crippen molar-refractivity contribution in [2.45, 2.75) is 28.8 Å². The van der Waals surface area contributed by atoms with E-state index in [0.717, 1.165) is 25.0 Å². The minimum atomic E-state index is -4.73. The quantitative estimate of drug-likeness (QED) is 0.606. The first-order valence-electron chi connectivity index (χ1n) is 8.90. The predicted octanol–water partition coefficient (Wildman–Crippen LogP) is 5.12. The van der Waals surface area contributed by atoms with E-state index in [2.05, 4.69) is 4.72 Å². The van der Waals surface area contributed by atoms with Crippen molar-refractivity contribution in [3.63, 3.8) is 0 Å². The lowest BCUT2D eigenvalue weighted by Gasteiger charge is -2.18. The maximum atomic E-state index is 13.1. The van der Waals surface area contributed by atoms with Gasteiger partial charge in [0.25, 0.3) is 15.9 Å². The molecule has 3 rings (SSSR count). The number of hydrogen-bond donors (Lipinski definition) is 1. The molecule has 0 unspecified atom stereocenters. The van der Waals surface area contributed by atoms with Crippen molar-refractivity contribution in [3.05, 3.63) is 52.5 Å². The summed E-state index contributed by atoms with van der Waals surface area (Å²) in [6, 6.07) is 6.84. The molecule has 2 aromatic rings. The largest absolute Gasteiger partial charge is 0.417 e. The number of nitrogens with zero attached hydrogens (tertiary/aromatic N) is 1. The minimum absolute atomic E-state index is 0.216. The molecule has 0 aliphatic carbocycles. The molecule has 0 radical (unpaired) electrons. The Labute approximate surface area is 181 Å². The molecule has 162 valence electrons. The van der Waals surface area contributed by atoms with Crippen molar-refractivity contribution in [1.29, 1.82) is 0 Å². The second-order valence-corrected chi connectivity index (χ2v) is 9.60. The first-order valence-corrected chi connectivity index (χ1v) is 12.0. The van der Waals surface area contributed by atoms with Crippen LogP contribution in [-0.2, 0) is 16.2 Å². The zero-order valence-electron chi connectivity index (χ0n) is 15.8. The van der Waals surface area contributed by atoms with Crippen LogP contribution < -0.4 is 4.72 Å². The number of likely N-dealkylation sites (tertiary alicyclic amines) is 1. The van der Waals surface area contributed by atoms with Gasteiger partial charge < -0.3 is 4.90 Å². The number of halogens is 4. The normalized spacial score (nSPS) is 14.8. The third-order valence-electron chi connectivity index (χ3n) is 4.63. The van der Waals surface area contributed by atoms with Gasteiger partial charge in [-0.2, -0.15) is 13.2 Å². The van der Waals surface area contributed by atoms with Crippen LogP contribution in [0, 0.1) is 0 Å². The topological polar surface area (TPSA) is 66.5 Å². The summed E-state index contributed by atoms with van der Waals surface area (Å²) in [7, 11) is -4.23. The smallest absolute Gasteiger partial charge is 0.339 e. The molecule has 0 aromatic heterocycles. The summed E-state index contributed by atoms with van der Waals surface area (Å²) in [5, 5.41) is -0.534. The SMILES string of the molecule is CSc1ccc(S(=O)(=O)Nc2ccc(Cl)c(C(F)(F)F)c2)cc1C(=O)N1CCCC1. The first-order chi connectivity index (χ1) is 14.0. The Bertz CT molecular complexity index is 1070. The third kappa shape index (κ3) is 4.87. The van der Waals surface area contributed by atoms with E-state index in [1.54, 1.807) is 11.2 Å². The van der Waals surface area contributed by atoms with Crippen molar-refractivity contribution >= 4 is 45.0 Å². The average molecular weight is 479 g/mol. The molecule has 1 aliphatic rings. The Kier molecular flexibility index (Phi) is 6.59. The zero-order chi connectivity index (χ0) is 22.1. The lowest BCUT2D eigenvalue weighted by atomic mass is 10.2. The Morgan fingerprint density at radius 1 is 1.13 bits per heavy atom. The second-order valence-electron chi connectivity index (χ2n) is 6.66. The minimum Gasteiger partial charge on any atom is -0.339 e. The van der Waals surface area contributed by atoms with Crippen molar-refractivity contribution in [2.24, 2.45) is 0 Å². The number of nitrogens with one attached hydrogen (secondary N) is 1. The molecule has 1 aliphatic heterocycles. The van der Waals surface area contributed by atoms with Gasteiger partial charge in [-0.1, -0.05) is 11.6 Å². The van der Waals surface area contributed by atoms with E-state index >= 15 is 0 Å². The van der Waals surface area contributed by atoms with Gasteiger partial charge in [-0.05, 0) is 55.5 Å². The number of anilines is 1. The highest BCUT2D eigenvalue weighted by Gasteiger charge is 2.34. The predicted molar refractivity (Wildman–Crippen MR) is 111 cm³/mol. The summed E-state index contributed by atoms with van der Waals surface area (Å²) in [5.41, 5.74) is -1.18. The lowest BCUT2D eigenvalue weighted by molar-refractivity contribution is -0.137. The fourth-order valence-electron chi connectivity index (χ4n) is 3.13. The van der Waals surface area contributed by atoms with Gasteiger partial charge in [0, 0.05) is 23.7 Å². The van der Waals surface area contributed by atoms with E-state index in [1.807, 2.05) is 0 Å². The lowest BCUT2D eigenvalue weighted by Crippen LogP contribution is -2.28. The van der Waals surface area contributed by atoms with Crippen molar-refractivity contribution < 1.29 is 26.4 Å². The summed E-state index contributed by atoms with van der Waals surface area (Å²) in [6.07, 6.45) is -1.18. The Morgan fingerprint density at radius 3 is 2.40 bits per heavy atom. The van der Waals surface area contributed by atoms with Gasteiger partial charge in [0.05, 0.1) is 21.0 Å². The second kappa shape index (κ2) is 8.68. The number of alkyl halides is 3. The zero-order valence-corrected chi connectivity index (χ0v) is 18.2. The van der Waals surface area contributed by atoms with Crippen LogP contribution in [0.4, 0.5) is 18.9 Å². The van der Waals surface area contributed by atoms with E-state index in [-0.39, 0.29) is 22.1 Å². The van der Waals surface area contributed by atoms with Crippen LogP contribution in [0.3, 0.4) is 0 Å². The number of carbonyl (C=O) groups excluding carboxylic acids is 1. The highest BCUT2D eigenvalue weighted by Crippen LogP contribution is 2.36. The molecular formula is C19H18ClF3N2O3S2. The molecular weight excluding hydrogens is 461 g/mol. The molecule has 1 fully saturated rings. The number of benzene rings is 2. The summed E-state index contributed by atoms with van der Waals surface area (Å²) in [5.74, 6) is -0.264. The van der Waals surface area contributed by atoms with Gasteiger partial charge in [0.15, 0.2) is 0 Å². The molecule has 0 spiro atoms. The van der Waals surface area contributed by atoms with Crippen LogP contribution in [0.1, 0.15) is 28.8 Å². The molecule has 11 heteroatoms. The van der Waals surface area contributed by atoms with Crippen molar-refractivity contribution in [1.82, 2.24) is 4.90 Å². The molecule has 0 atom stereocenters. The average Bonchev–Trinajstić information content (AvgIpc) is 3.22. The fraction of sp³-hybridized carbons (Fsp3) is 0.316. The molecule has 1 saturated heterocycles. The standard InChI is InChI=1S/C19H18ClF3N2O3S2/c1-29-17-7-5-13(11-14(17)18(26)25-8-2-3-9-25)30(27,28)24-12-4-6-16(20)15(10-12)19(21,22)23/h4-7,10-11,24H,2-3,8-9H2,1H3. The highest BCUT2D eigenvalue weighted by molar-refractivity contribution is 7.98. The van der Waals surface area contributed by atoms with Crippen LogP contribution in [0.5, 0.6) is 0 Å². The van der Waals surface area contributed by atoms with Gasteiger partial charge in [0.1, 0.15) is 0 Å². The highest BCUT2D eigenvalue weighted by atomic mass is 35.5. The fourth-order valence-corrected chi connectivity index (χ4v) is 5.00. The van der Waals surface area contributed by atoms with Gasteiger partial charge in [-0.25, -0.2) is 8.42 Å². The Balaban J connectivity index is 1.95. The number of rotatable bonds is 5. The monoisotopic (exact) mass is 478 g/mol. The van der Waals surface area contributed by atoms with E-state index in [0.29, 0.717) is 24.1 Å². The summed E-state index contributed by atoms with van der Waals surface area (Å²) in [6.45, 7) is 1.21. The number of amides is 1. The Morgan fingerprint density at radius 2 is 1.80 bits per heavy atom. The molecule has 0 saturated carbocycles. The maximum Gasteiger partial charge on any atom is 0.417 e. The van der Waals surface area contributed by atoms with E-state index in [1.165, 1.54) is 30.0 Å². The molecule has 2 aromatic carbocycles. The van der Waals surface area contributed by atoms with Gasteiger partial charge in [-0.15, -0.1) is 11.8 Å². The van der Waals surface area contributed by atoms with Crippen LogP contribution in [0.2, 0.25) is 5.02 Å². The summed E-state index contributed by atoms with van der Waals surface area (Å²) >= 11 is 6.89. The van der Waals surface area contributed by atoms with Gasteiger partial charge in [-0.3, -0.25) is 9.52 Å². The number of sulfonamides is 1. The third-order valence-corrected chi connectivity index (χ3v) is 7.13. The first kappa shape index (κ1) is 22.8. The number of carbonyl (C=O) groups is 1. The Hall–Kier alpha value is -1.91. The van der Waals surface area contributed by atoms with Crippen molar-refractivity contribution in [3.8, 4) is 0 Å². The van der Waals surface area contributed by atoms with Crippen LogP contribution in [0.25, 0.3) is 0 Å². The van der Waals surface area contributed by atoms with Crippen molar-refractivity contribution in [2.75, 3.05) is 24.1 Å². The maximum absolute atomic E-state index is 13.1. The summed E-state index contributed by atoms with van der Waals surface area (Å²) in [4.78, 5) is 14.9. The number of thioether (sulfide) groups is 1. The van der Waals surface area contributed by atoms with E-state index in [4.69, 9.17) is 11.6 Å². The molecule has 1 N–H and O–H groups in total. The molecule has 5 nitrogen and oxygen atoms in total. The summed E-state index contributed by atoms with van der Waals surface area (Å²) < 4.78 is 66.9. The van der Waals surface area contributed by atoms with Gasteiger partial charge >= 0.3 is 6.18 Å².